The Bertz CT molecular complexity index is 476. The van der Waals surface area contributed by atoms with E-state index in [2.05, 4.69) is 11.8 Å². The molecule has 2 rings (SSSR count). The second-order valence-corrected chi connectivity index (χ2v) is 5.95. The molecule has 0 bridgehead atoms. The third-order valence-corrected chi connectivity index (χ3v) is 4.38. The zero-order valence-corrected chi connectivity index (χ0v) is 12.7. The average Bonchev–Trinajstić information content (AvgIpc) is 2.65. The molecule has 1 saturated heterocycles. The highest BCUT2D eigenvalue weighted by molar-refractivity contribution is 6.33. The monoisotopic (exact) mass is 295 g/mol. The molecule has 1 fully saturated rings. The molecule has 3 nitrogen and oxygen atoms in total. The van der Waals surface area contributed by atoms with E-state index in [-0.39, 0.29) is 5.56 Å². The van der Waals surface area contributed by atoms with E-state index in [4.69, 9.17) is 16.7 Å². The van der Waals surface area contributed by atoms with Gasteiger partial charge in [-0.25, -0.2) is 4.79 Å². The first-order chi connectivity index (χ1) is 9.61. The molecule has 0 saturated carbocycles. The molecule has 1 aromatic carbocycles. The largest absolute Gasteiger partial charge is 0.478 e. The lowest BCUT2D eigenvalue weighted by molar-refractivity contribution is 0.0697. The predicted octanol–water partition coefficient (Wildman–Crippen LogP) is 4.44. The number of halogens is 1. The van der Waals surface area contributed by atoms with Gasteiger partial charge in [0.2, 0.25) is 0 Å². The lowest BCUT2D eigenvalue weighted by Crippen LogP contribution is -2.24. The molecule has 1 aliphatic rings. The summed E-state index contributed by atoms with van der Waals surface area (Å²) in [5.41, 5.74) is 1.21. The zero-order valence-electron chi connectivity index (χ0n) is 11.9. The van der Waals surface area contributed by atoms with Crippen molar-refractivity contribution in [1.29, 1.82) is 0 Å². The summed E-state index contributed by atoms with van der Waals surface area (Å²) in [5, 5.41) is 9.52. The summed E-state index contributed by atoms with van der Waals surface area (Å²) in [6, 6.07) is 5.03. The van der Waals surface area contributed by atoms with Crippen molar-refractivity contribution in [2.45, 2.75) is 39.0 Å². The first-order valence-electron chi connectivity index (χ1n) is 7.39. The minimum absolute atomic E-state index is 0.248. The highest BCUT2D eigenvalue weighted by atomic mass is 35.5. The van der Waals surface area contributed by atoms with E-state index in [0.717, 1.165) is 24.7 Å². The topological polar surface area (TPSA) is 40.5 Å². The maximum absolute atomic E-state index is 10.9. The maximum atomic E-state index is 10.9. The number of carboxylic acid groups (broad SMARTS) is 1. The third-order valence-electron chi connectivity index (χ3n) is 4.08. The van der Waals surface area contributed by atoms with Crippen molar-refractivity contribution < 1.29 is 9.90 Å². The van der Waals surface area contributed by atoms with E-state index in [9.17, 15) is 4.79 Å². The van der Waals surface area contributed by atoms with E-state index in [0.29, 0.717) is 5.02 Å². The van der Waals surface area contributed by atoms with Gasteiger partial charge in [0.1, 0.15) is 0 Å². The molecule has 0 spiro atoms. The van der Waals surface area contributed by atoms with Gasteiger partial charge in [-0.1, -0.05) is 31.4 Å². The number of benzene rings is 1. The van der Waals surface area contributed by atoms with Gasteiger partial charge in [-0.3, -0.25) is 0 Å². The number of carbonyl (C=O) groups is 1. The molecule has 20 heavy (non-hydrogen) atoms. The lowest BCUT2D eigenvalue weighted by atomic mass is 9.96. The summed E-state index contributed by atoms with van der Waals surface area (Å²) >= 11 is 6.25. The van der Waals surface area contributed by atoms with Crippen molar-refractivity contribution in [3.05, 3.63) is 28.8 Å². The van der Waals surface area contributed by atoms with Crippen LogP contribution in [0.15, 0.2) is 18.2 Å². The van der Waals surface area contributed by atoms with E-state index in [1.54, 1.807) is 12.1 Å². The summed E-state index contributed by atoms with van der Waals surface area (Å²) in [4.78, 5) is 13.2. The molecular weight excluding hydrogens is 274 g/mol. The summed E-state index contributed by atoms with van der Waals surface area (Å²) in [7, 11) is 0. The van der Waals surface area contributed by atoms with Gasteiger partial charge in [-0.05, 0) is 43.4 Å². The van der Waals surface area contributed by atoms with Crippen molar-refractivity contribution in [2.75, 3.05) is 18.0 Å². The van der Waals surface area contributed by atoms with E-state index < -0.39 is 5.97 Å². The van der Waals surface area contributed by atoms with Crippen LogP contribution in [0.4, 0.5) is 5.69 Å². The van der Waals surface area contributed by atoms with Gasteiger partial charge in [-0.2, -0.15) is 0 Å². The van der Waals surface area contributed by atoms with Gasteiger partial charge in [0.15, 0.2) is 0 Å². The Hall–Kier alpha value is -1.22. The Balaban J connectivity index is 2.09. The Morgan fingerprint density at radius 1 is 1.40 bits per heavy atom. The molecule has 4 heteroatoms. The van der Waals surface area contributed by atoms with Crippen molar-refractivity contribution in [3.63, 3.8) is 0 Å². The molecule has 110 valence electrons. The van der Waals surface area contributed by atoms with Crippen LogP contribution in [-0.4, -0.2) is 24.2 Å². The number of rotatable bonds is 4. The van der Waals surface area contributed by atoms with Crippen LogP contribution in [0, 0.1) is 5.92 Å². The molecule has 1 heterocycles. The summed E-state index contributed by atoms with van der Waals surface area (Å²) in [5.74, 6) is -0.112. The normalized spacial score (nSPS) is 19.7. The Morgan fingerprint density at radius 3 is 2.85 bits per heavy atom. The van der Waals surface area contributed by atoms with Crippen LogP contribution in [0.2, 0.25) is 5.02 Å². The Morgan fingerprint density at radius 2 is 2.20 bits per heavy atom. The molecular formula is C16H22ClNO2. The highest BCUT2D eigenvalue weighted by Crippen LogP contribution is 2.31. The van der Waals surface area contributed by atoms with Crippen molar-refractivity contribution in [1.82, 2.24) is 0 Å². The van der Waals surface area contributed by atoms with Gasteiger partial charge >= 0.3 is 5.97 Å². The molecule has 0 aliphatic carbocycles. The van der Waals surface area contributed by atoms with Crippen LogP contribution in [0.25, 0.3) is 0 Å². The number of carboxylic acids is 1. The first kappa shape index (κ1) is 15.2. The predicted molar refractivity (Wildman–Crippen MR) is 82.9 cm³/mol. The molecule has 0 aromatic heterocycles. The lowest BCUT2D eigenvalue weighted by Gasteiger charge is -2.24. The highest BCUT2D eigenvalue weighted by Gasteiger charge is 2.19. The quantitative estimate of drug-likeness (QED) is 0.892. The fraction of sp³-hybridized carbons (Fsp3) is 0.562. The second-order valence-electron chi connectivity index (χ2n) is 5.54. The van der Waals surface area contributed by atoms with Gasteiger partial charge in [-0.15, -0.1) is 0 Å². The smallest absolute Gasteiger partial charge is 0.335 e. The van der Waals surface area contributed by atoms with Crippen LogP contribution in [0.5, 0.6) is 0 Å². The molecule has 1 atom stereocenters. The Kier molecular flexibility index (Phi) is 5.30. The summed E-state index contributed by atoms with van der Waals surface area (Å²) < 4.78 is 0. The van der Waals surface area contributed by atoms with Crippen LogP contribution < -0.4 is 4.90 Å². The molecule has 0 amide bonds. The molecule has 1 N–H and O–H groups in total. The number of aromatic carboxylic acids is 1. The molecule has 1 aliphatic heterocycles. The van der Waals surface area contributed by atoms with Crippen molar-refractivity contribution in [2.24, 2.45) is 5.92 Å². The third kappa shape index (κ3) is 3.66. The van der Waals surface area contributed by atoms with Crippen LogP contribution in [0.1, 0.15) is 49.4 Å². The summed E-state index contributed by atoms with van der Waals surface area (Å²) in [6.45, 7) is 4.26. The number of hydrogen-bond donors (Lipinski definition) is 1. The van der Waals surface area contributed by atoms with E-state index in [1.807, 2.05) is 6.07 Å². The standard InChI is InChI=1S/C16H22ClNO2/c1-2-4-12-5-3-9-18(10-8-12)15-7-6-13(16(19)20)11-14(15)17/h6-7,11-12H,2-5,8-10H2,1H3,(H,19,20). The fourth-order valence-corrected chi connectivity index (χ4v) is 3.30. The number of anilines is 1. The molecule has 0 radical (unpaired) electrons. The van der Waals surface area contributed by atoms with Gasteiger partial charge in [0.25, 0.3) is 0 Å². The number of hydrogen-bond acceptors (Lipinski definition) is 2. The van der Waals surface area contributed by atoms with Crippen LogP contribution in [-0.2, 0) is 0 Å². The SMILES string of the molecule is CCCC1CCCN(c2ccc(C(=O)O)cc2Cl)CC1. The van der Waals surface area contributed by atoms with Gasteiger partial charge < -0.3 is 10.0 Å². The van der Waals surface area contributed by atoms with E-state index >= 15 is 0 Å². The minimum Gasteiger partial charge on any atom is -0.478 e. The van der Waals surface area contributed by atoms with E-state index in [1.165, 1.54) is 32.1 Å². The minimum atomic E-state index is -0.933. The average molecular weight is 296 g/mol. The van der Waals surface area contributed by atoms with Gasteiger partial charge in [0.05, 0.1) is 16.3 Å². The maximum Gasteiger partial charge on any atom is 0.335 e. The zero-order chi connectivity index (χ0) is 14.5. The number of nitrogens with zero attached hydrogens (tertiary/aromatic N) is 1. The second kappa shape index (κ2) is 6.98. The first-order valence-corrected chi connectivity index (χ1v) is 7.77. The Labute approximate surface area is 125 Å². The van der Waals surface area contributed by atoms with Crippen molar-refractivity contribution >= 4 is 23.3 Å². The fourth-order valence-electron chi connectivity index (χ4n) is 3.00. The summed E-state index contributed by atoms with van der Waals surface area (Å²) in [6.07, 6.45) is 6.22. The molecule has 1 unspecified atom stereocenters. The van der Waals surface area contributed by atoms with Crippen molar-refractivity contribution in [3.8, 4) is 0 Å². The molecule has 1 aromatic rings. The van der Waals surface area contributed by atoms with Crippen LogP contribution in [0.3, 0.4) is 0 Å². The van der Waals surface area contributed by atoms with Gasteiger partial charge in [0, 0.05) is 13.1 Å². The van der Waals surface area contributed by atoms with Crippen LogP contribution >= 0.6 is 11.6 Å².